The molecule has 2 aromatic rings. The molecule has 1 heterocycles. The second-order valence-corrected chi connectivity index (χ2v) is 4.91. The third-order valence-electron chi connectivity index (χ3n) is 3.35. The van der Waals surface area contributed by atoms with E-state index in [0.29, 0.717) is 0 Å². The molecule has 0 fully saturated rings. The van der Waals surface area contributed by atoms with E-state index in [4.69, 9.17) is 0 Å². The topological polar surface area (TPSA) is 105 Å². The average molecular weight is 301 g/mol. The van der Waals surface area contributed by atoms with Gasteiger partial charge in [-0.2, -0.15) is 0 Å². The van der Waals surface area contributed by atoms with Crippen LogP contribution in [0, 0.1) is 17.0 Å². The van der Waals surface area contributed by atoms with Gasteiger partial charge in [0.25, 0.3) is 17.2 Å². The molecule has 0 aliphatic carbocycles. The molecule has 1 unspecified atom stereocenters. The molecule has 0 spiro atoms. The first kappa shape index (κ1) is 15.4. The van der Waals surface area contributed by atoms with E-state index in [1.807, 2.05) is 31.2 Å². The molecule has 114 valence electrons. The SMILES string of the molecule is Cc1ccccc1C(C)NC(=O)c1cc([N+](=O)[O-])c[nH]c1=O. The molecule has 7 heteroatoms. The summed E-state index contributed by atoms with van der Waals surface area (Å²) in [5, 5.41) is 13.4. The van der Waals surface area contributed by atoms with Gasteiger partial charge in [0.1, 0.15) is 5.56 Å². The molecule has 0 aliphatic heterocycles. The second kappa shape index (κ2) is 6.21. The standard InChI is InChI=1S/C15H15N3O4/c1-9-5-3-4-6-12(9)10(2)17-15(20)13-7-11(18(21)22)8-16-14(13)19/h3-8,10H,1-2H3,(H,16,19)(H,17,20). The zero-order chi connectivity index (χ0) is 16.3. The molecule has 2 N–H and O–H groups in total. The van der Waals surface area contributed by atoms with Crippen molar-refractivity contribution in [1.82, 2.24) is 10.3 Å². The van der Waals surface area contributed by atoms with E-state index in [0.717, 1.165) is 23.4 Å². The van der Waals surface area contributed by atoms with Gasteiger partial charge < -0.3 is 10.3 Å². The zero-order valence-electron chi connectivity index (χ0n) is 12.1. The van der Waals surface area contributed by atoms with Gasteiger partial charge in [-0.25, -0.2) is 0 Å². The van der Waals surface area contributed by atoms with Crippen molar-refractivity contribution in [1.29, 1.82) is 0 Å². The lowest BCUT2D eigenvalue weighted by Crippen LogP contribution is -2.31. The lowest BCUT2D eigenvalue weighted by Gasteiger charge is -2.16. The van der Waals surface area contributed by atoms with Crippen molar-refractivity contribution in [3.05, 3.63) is 73.7 Å². The maximum Gasteiger partial charge on any atom is 0.286 e. The number of aromatic nitrogens is 1. The number of hydrogen-bond acceptors (Lipinski definition) is 4. The normalized spacial score (nSPS) is 11.7. The van der Waals surface area contributed by atoms with E-state index in [-0.39, 0.29) is 17.3 Å². The van der Waals surface area contributed by atoms with Crippen LogP contribution in [0.1, 0.15) is 34.5 Å². The number of benzene rings is 1. The Morgan fingerprint density at radius 3 is 2.68 bits per heavy atom. The van der Waals surface area contributed by atoms with Crippen molar-refractivity contribution in [3.8, 4) is 0 Å². The van der Waals surface area contributed by atoms with Gasteiger partial charge in [-0.3, -0.25) is 19.7 Å². The average Bonchev–Trinajstić information content (AvgIpc) is 2.47. The van der Waals surface area contributed by atoms with Crippen molar-refractivity contribution >= 4 is 11.6 Å². The van der Waals surface area contributed by atoms with Crippen molar-refractivity contribution in [2.45, 2.75) is 19.9 Å². The number of hydrogen-bond donors (Lipinski definition) is 2. The summed E-state index contributed by atoms with van der Waals surface area (Å²) in [4.78, 5) is 36.1. The van der Waals surface area contributed by atoms with Gasteiger partial charge >= 0.3 is 0 Å². The second-order valence-electron chi connectivity index (χ2n) is 4.91. The number of amides is 1. The number of carbonyl (C=O) groups is 1. The Hall–Kier alpha value is -2.96. The molecule has 1 aromatic carbocycles. The summed E-state index contributed by atoms with van der Waals surface area (Å²) in [6.07, 6.45) is 0.962. The van der Waals surface area contributed by atoms with Crippen LogP contribution in [-0.2, 0) is 0 Å². The molecular formula is C15H15N3O4. The maximum absolute atomic E-state index is 12.2. The van der Waals surface area contributed by atoms with E-state index in [1.165, 1.54) is 0 Å². The maximum atomic E-state index is 12.2. The van der Waals surface area contributed by atoms with Crippen LogP contribution < -0.4 is 10.9 Å². The summed E-state index contributed by atoms with van der Waals surface area (Å²) in [5.41, 5.74) is 0.629. The van der Waals surface area contributed by atoms with Crippen LogP contribution in [0.2, 0.25) is 0 Å². The largest absolute Gasteiger partial charge is 0.345 e. The number of aromatic amines is 1. The number of pyridine rings is 1. The molecule has 1 atom stereocenters. The van der Waals surface area contributed by atoms with Crippen LogP contribution in [0.15, 0.2) is 41.3 Å². The number of carbonyl (C=O) groups excluding carboxylic acids is 1. The Bertz CT molecular complexity index is 782. The Balaban J connectivity index is 2.26. The van der Waals surface area contributed by atoms with E-state index in [1.54, 1.807) is 6.92 Å². The highest BCUT2D eigenvalue weighted by Gasteiger charge is 2.18. The van der Waals surface area contributed by atoms with Crippen LogP contribution in [0.4, 0.5) is 5.69 Å². The molecule has 0 bridgehead atoms. The number of aryl methyl sites for hydroxylation is 1. The first-order chi connectivity index (χ1) is 10.4. The molecule has 0 aliphatic rings. The highest BCUT2D eigenvalue weighted by Crippen LogP contribution is 2.17. The Kier molecular flexibility index (Phi) is 4.36. The van der Waals surface area contributed by atoms with Gasteiger partial charge in [0.15, 0.2) is 0 Å². The smallest absolute Gasteiger partial charge is 0.286 e. The van der Waals surface area contributed by atoms with Crippen LogP contribution >= 0.6 is 0 Å². The van der Waals surface area contributed by atoms with E-state index in [2.05, 4.69) is 10.3 Å². The molecule has 2 rings (SSSR count). The minimum Gasteiger partial charge on any atom is -0.345 e. The summed E-state index contributed by atoms with van der Waals surface area (Å²) in [6.45, 7) is 3.70. The monoisotopic (exact) mass is 301 g/mol. The third kappa shape index (κ3) is 3.20. The summed E-state index contributed by atoms with van der Waals surface area (Å²) >= 11 is 0. The molecule has 7 nitrogen and oxygen atoms in total. The number of nitrogens with zero attached hydrogens (tertiary/aromatic N) is 1. The van der Waals surface area contributed by atoms with Crippen molar-refractivity contribution in [2.75, 3.05) is 0 Å². The van der Waals surface area contributed by atoms with Crippen LogP contribution in [-0.4, -0.2) is 15.8 Å². The molecule has 22 heavy (non-hydrogen) atoms. The Morgan fingerprint density at radius 2 is 2.05 bits per heavy atom. The van der Waals surface area contributed by atoms with Gasteiger partial charge in [-0.05, 0) is 25.0 Å². The molecule has 1 aromatic heterocycles. The highest BCUT2D eigenvalue weighted by atomic mass is 16.6. The number of nitrogens with one attached hydrogen (secondary N) is 2. The van der Waals surface area contributed by atoms with E-state index >= 15 is 0 Å². The Labute approximate surface area is 126 Å². The summed E-state index contributed by atoms with van der Waals surface area (Å²) in [5.74, 6) is -0.652. The van der Waals surface area contributed by atoms with Gasteiger partial charge in [0, 0.05) is 6.07 Å². The summed E-state index contributed by atoms with van der Waals surface area (Å²) in [6, 6.07) is 8.17. The predicted molar refractivity (Wildman–Crippen MR) is 80.8 cm³/mol. The zero-order valence-corrected chi connectivity index (χ0v) is 12.1. The van der Waals surface area contributed by atoms with Gasteiger partial charge in [-0.15, -0.1) is 0 Å². The van der Waals surface area contributed by atoms with E-state index in [9.17, 15) is 19.7 Å². The minimum absolute atomic E-state index is 0.283. The lowest BCUT2D eigenvalue weighted by atomic mass is 10.0. The van der Waals surface area contributed by atoms with Crippen LogP contribution in [0.5, 0.6) is 0 Å². The van der Waals surface area contributed by atoms with Crippen molar-refractivity contribution < 1.29 is 9.72 Å². The minimum atomic E-state index is -0.669. The number of nitro groups is 1. The fourth-order valence-electron chi connectivity index (χ4n) is 2.17. The van der Waals surface area contributed by atoms with Crippen molar-refractivity contribution in [3.63, 3.8) is 0 Å². The molecule has 0 radical (unpaired) electrons. The Morgan fingerprint density at radius 1 is 1.36 bits per heavy atom. The summed E-state index contributed by atoms with van der Waals surface area (Å²) in [7, 11) is 0. The van der Waals surface area contributed by atoms with Crippen molar-refractivity contribution in [2.24, 2.45) is 0 Å². The van der Waals surface area contributed by atoms with Gasteiger partial charge in [-0.1, -0.05) is 24.3 Å². The fourth-order valence-corrected chi connectivity index (χ4v) is 2.17. The first-order valence-corrected chi connectivity index (χ1v) is 6.63. The first-order valence-electron chi connectivity index (χ1n) is 6.63. The molecular weight excluding hydrogens is 286 g/mol. The van der Waals surface area contributed by atoms with Gasteiger partial charge in [0.05, 0.1) is 17.2 Å². The van der Waals surface area contributed by atoms with Gasteiger partial charge in [0.2, 0.25) is 0 Å². The number of rotatable bonds is 4. The predicted octanol–water partition coefficient (Wildman–Crippen LogP) is 2.08. The third-order valence-corrected chi connectivity index (χ3v) is 3.35. The van der Waals surface area contributed by atoms with E-state index < -0.39 is 16.4 Å². The molecule has 1 amide bonds. The van der Waals surface area contributed by atoms with Crippen LogP contribution in [0.3, 0.4) is 0 Å². The highest BCUT2D eigenvalue weighted by molar-refractivity contribution is 5.94. The molecule has 0 saturated heterocycles. The quantitative estimate of drug-likeness (QED) is 0.666. The fraction of sp³-hybridized carbons (Fsp3) is 0.200. The van der Waals surface area contributed by atoms with Crippen LogP contribution in [0.25, 0.3) is 0 Å². The molecule has 0 saturated carbocycles. The summed E-state index contributed by atoms with van der Waals surface area (Å²) < 4.78 is 0. The number of H-pyrrole nitrogens is 1. The lowest BCUT2D eigenvalue weighted by molar-refractivity contribution is -0.385.